The Morgan fingerprint density at radius 1 is 0.846 bits per heavy atom. The van der Waals surface area contributed by atoms with Gasteiger partial charge in [0.05, 0.1) is 0 Å². The van der Waals surface area contributed by atoms with Crippen molar-refractivity contribution in [1.82, 2.24) is 0 Å². The maximum Gasteiger partial charge on any atom is 0.160 e. The van der Waals surface area contributed by atoms with Crippen molar-refractivity contribution in [1.29, 1.82) is 0 Å². The molecular weight excluding hydrogens is 322 g/mol. The third kappa shape index (κ3) is 3.24. The summed E-state index contributed by atoms with van der Waals surface area (Å²) in [4.78, 5) is 5.67. The second kappa shape index (κ2) is 7.28. The molecule has 3 aromatic carbocycles. The summed E-state index contributed by atoms with van der Waals surface area (Å²) >= 11 is 0. The number of furan rings is 1. The fraction of sp³-hybridized carbons (Fsp3) is 0.0870. The highest BCUT2D eigenvalue weighted by molar-refractivity contribution is 6.13. The van der Waals surface area contributed by atoms with Crippen LogP contribution in [-0.2, 0) is 11.4 Å². The van der Waals surface area contributed by atoms with Gasteiger partial charge in [-0.3, -0.25) is 0 Å². The van der Waals surface area contributed by atoms with E-state index < -0.39 is 0 Å². The zero-order valence-corrected chi connectivity index (χ0v) is 14.6. The van der Waals surface area contributed by atoms with E-state index in [2.05, 4.69) is 18.1 Å². The summed E-state index contributed by atoms with van der Waals surface area (Å²) in [5.74, 6) is 0.741. The minimum Gasteiger partial charge on any atom is -0.454 e. The first kappa shape index (κ1) is 16.2. The van der Waals surface area contributed by atoms with Gasteiger partial charge in [0, 0.05) is 16.5 Å². The Morgan fingerprint density at radius 2 is 1.50 bits per heavy atom. The van der Waals surface area contributed by atoms with Gasteiger partial charge >= 0.3 is 0 Å². The molecule has 1 heterocycles. The number of rotatable bonds is 5. The summed E-state index contributed by atoms with van der Waals surface area (Å²) in [5, 5.41) is 5.53. The molecule has 3 nitrogen and oxygen atoms in total. The van der Waals surface area contributed by atoms with E-state index in [4.69, 9.17) is 9.25 Å². The number of benzene rings is 3. The van der Waals surface area contributed by atoms with Gasteiger partial charge in [-0.1, -0.05) is 84.0 Å². The minimum absolute atomic E-state index is 0.413. The van der Waals surface area contributed by atoms with E-state index in [9.17, 15) is 0 Å². The first-order valence-electron chi connectivity index (χ1n) is 8.61. The third-order valence-electron chi connectivity index (χ3n) is 4.34. The fourth-order valence-electron chi connectivity index (χ4n) is 2.97. The summed E-state index contributed by atoms with van der Waals surface area (Å²) in [5.41, 5.74) is 4.65. The second-order valence-corrected chi connectivity index (χ2v) is 6.12. The molecule has 3 heteroatoms. The Bertz CT molecular complexity index is 1030. The van der Waals surface area contributed by atoms with Crippen LogP contribution in [0.3, 0.4) is 0 Å². The zero-order chi connectivity index (χ0) is 17.8. The summed E-state index contributed by atoms with van der Waals surface area (Å²) in [6.07, 6.45) is 0. The lowest BCUT2D eigenvalue weighted by Crippen LogP contribution is -2.05. The van der Waals surface area contributed by atoms with Crippen molar-refractivity contribution in [2.45, 2.75) is 13.5 Å². The number of para-hydroxylation sites is 1. The van der Waals surface area contributed by atoms with Crippen LogP contribution in [0.25, 0.3) is 11.0 Å². The molecule has 0 aliphatic carbocycles. The maximum atomic E-state index is 6.11. The molecule has 26 heavy (non-hydrogen) atoms. The quantitative estimate of drug-likeness (QED) is 0.344. The minimum atomic E-state index is 0.413. The van der Waals surface area contributed by atoms with Crippen LogP contribution in [-0.4, -0.2) is 5.71 Å². The number of nitrogens with zero attached hydrogens (tertiary/aromatic N) is 1. The van der Waals surface area contributed by atoms with E-state index in [1.54, 1.807) is 0 Å². The number of fused-ring (bicyclic) bond motifs is 1. The van der Waals surface area contributed by atoms with Gasteiger partial charge in [-0.25, -0.2) is 0 Å². The van der Waals surface area contributed by atoms with Crippen molar-refractivity contribution >= 4 is 16.7 Å². The first-order chi connectivity index (χ1) is 12.8. The molecule has 0 fully saturated rings. The largest absolute Gasteiger partial charge is 0.454 e. The molecule has 0 spiro atoms. The number of oxime groups is 1. The molecule has 4 aromatic rings. The summed E-state index contributed by atoms with van der Waals surface area (Å²) in [7, 11) is 0. The lowest BCUT2D eigenvalue weighted by Gasteiger charge is -2.06. The van der Waals surface area contributed by atoms with Crippen molar-refractivity contribution in [2.24, 2.45) is 5.16 Å². The molecule has 0 unspecified atom stereocenters. The second-order valence-electron chi connectivity index (χ2n) is 6.12. The normalized spacial score (nSPS) is 11.7. The van der Waals surface area contributed by atoms with Crippen molar-refractivity contribution in [2.75, 3.05) is 0 Å². The molecule has 0 atom stereocenters. The highest BCUT2D eigenvalue weighted by Crippen LogP contribution is 2.27. The van der Waals surface area contributed by atoms with Crippen molar-refractivity contribution in [3.8, 4) is 0 Å². The predicted octanol–water partition coefficient (Wildman–Crippen LogP) is 5.71. The summed E-state index contributed by atoms with van der Waals surface area (Å²) < 4.78 is 6.11. The van der Waals surface area contributed by atoms with E-state index in [-0.39, 0.29) is 0 Å². The average molecular weight is 341 g/mol. The van der Waals surface area contributed by atoms with Gasteiger partial charge in [0.15, 0.2) is 11.5 Å². The highest BCUT2D eigenvalue weighted by Gasteiger charge is 2.18. The van der Waals surface area contributed by atoms with Gasteiger partial charge in [0.2, 0.25) is 0 Å². The van der Waals surface area contributed by atoms with Crippen molar-refractivity contribution in [3.63, 3.8) is 0 Å². The monoisotopic (exact) mass is 341 g/mol. The Balaban J connectivity index is 1.73. The van der Waals surface area contributed by atoms with E-state index in [0.717, 1.165) is 33.4 Å². The van der Waals surface area contributed by atoms with Crippen molar-refractivity contribution in [3.05, 3.63) is 107 Å². The van der Waals surface area contributed by atoms with E-state index in [1.165, 1.54) is 0 Å². The SMILES string of the molecule is Cc1c(/C(=N/OCc2ccccc2)c2ccccc2)oc2ccccc12. The van der Waals surface area contributed by atoms with Crippen LogP contribution in [0.1, 0.15) is 22.5 Å². The van der Waals surface area contributed by atoms with Crippen molar-refractivity contribution < 1.29 is 9.25 Å². The standard InChI is InChI=1S/C23H19NO2/c1-17-20-14-8-9-15-21(20)26-23(17)22(19-12-6-3-7-13-19)24-25-16-18-10-4-2-5-11-18/h2-15H,16H2,1H3/b24-22+. The summed E-state index contributed by atoms with van der Waals surface area (Å²) in [6, 6.07) is 28.0. The molecule has 1 aromatic heterocycles. The van der Waals surface area contributed by atoms with Crippen LogP contribution in [0, 0.1) is 6.92 Å². The molecule has 0 amide bonds. The number of hydrogen-bond donors (Lipinski definition) is 0. The maximum absolute atomic E-state index is 6.11. The van der Waals surface area contributed by atoms with Gasteiger partial charge in [-0.05, 0) is 18.6 Å². The number of hydrogen-bond acceptors (Lipinski definition) is 3. The van der Waals surface area contributed by atoms with Crippen LogP contribution in [0.5, 0.6) is 0 Å². The van der Waals surface area contributed by atoms with E-state index in [0.29, 0.717) is 12.3 Å². The Labute approximate surface area is 152 Å². The molecule has 0 bridgehead atoms. The van der Waals surface area contributed by atoms with Gasteiger partial charge in [-0.2, -0.15) is 0 Å². The lowest BCUT2D eigenvalue weighted by molar-refractivity contribution is 0.130. The molecule has 0 aliphatic rings. The molecule has 0 radical (unpaired) electrons. The average Bonchev–Trinajstić information content (AvgIpc) is 3.03. The zero-order valence-electron chi connectivity index (χ0n) is 14.6. The highest BCUT2D eigenvalue weighted by atomic mass is 16.6. The lowest BCUT2D eigenvalue weighted by atomic mass is 10.0. The Morgan fingerprint density at radius 3 is 2.23 bits per heavy atom. The first-order valence-corrected chi connectivity index (χ1v) is 8.61. The van der Waals surface area contributed by atoms with Gasteiger partial charge in [0.1, 0.15) is 12.2 Å². The topological polar surface area (TPSA) is 34.7 Å². The van der Waals surface area contributed by atoms with Crippen LogP contribution < -0.4 is 0 Å². The smallest absolute Gasteiger partial charge is 0.160 e. The van der Waals surface area contributed by atoms with Crippen LogP contribution in [0.4, 0.5) is 0 Å². The van der Waals surface area contributed by atoms with E-state index >= 15 is 0 Å². The van der Waals surface area contributed by atoms with Crippen LogP contribution in [0.15, 0.2) is 94.5 Å². The van der Waals surface area contributed by atoms with Gasteiger partial charge in [0.25, 0.3) is 0 Å². The third-order valence-corrected chi connectivity index (χ3v) is 4.34. The molecule has 128 valence electrons. The predicted molar refractivity (Wildman–Crippen MR) is 104 cm³/mol. The van der Waals surface area contributed by atoms with E-state index in [1.807, 2.05) is 78.9 Å². The molecule has 4 rings (SSSR count). The molecule has 0 saturated carbocycles. The van der Waals surface area contributed by atoms with Crippen LogP contribution in [0.2, 0.25) is 0 Å². The fourth-order valence-corrected chi connectivity index (χ4v) is 2.97. The molecular formula is C23H19NO2. The molecule has 0 saturated heterocycles. The number of aryl methyl sites for hydroxylation is 1. The molecule has 0 N–H and O–H groups in total. The van der Waals surface area contributed by atoms with Gasteiger partial charge in [-0.15, -0.1) is 0 Å². The Hall–Kier alpha value is -3.33. The molecule has 0 aliphatic heterocycles. The van der Waals surface area contributed by atoms with Gasteiger partial charge < -0.3 is 9.25 Å². The Kier molecular flexibility index (Phi) is 4.52. The van der Waals surface area contributed by atoms with Crippen LogP contribution >= 0.6 is 0 Å². The summed E-state index contributed by atoms with van der Waals surface area (Å²) in [6.45, 7) is 2.47.